The number of carbonyl (C=O) groups is 1. The van der Waals surface area contributed by atoms with Crippen molar-refractivity contribution in [1.82, 2.24) is 5.32 Å². The molecule has 3 nitrogen and oxygen atoms in total. The predicted octanol–water partition coefficient (Wildman–Crippen LogP) is 3.60. The molecular weight excluding hydrogens is 327 g/mol. The number of amides is 1. The first-order valence-corrected chi connectivity index (χ1v) is 9.42. The van der Waals surface area contributed by atoms with Gasteiger partial charge < -0.3 is 11.1 Å². The average Bonchev–Trinajstić information content (AvgIpc) is 3.28. The smallest absolute Gasteiger partial charge is 0.223 e. The second-order valence-electron chi connectivity index (χ2n) is 7.80. The number of fused-ring (bicyclic) bond motifs is 2. The van der Waals surface area contributed by atoms with Crippen LogP contribution < -0.4 is 11.1 Å². The molecule has 0 spiro atoms. The van der Waals surface area contributed by atoms with Crippen molar-refractivity contribution in [3.8, 4) is 0 Å². The van der Waals surface area contributed by atoms with Gasteiger partial charge in [0, 0.05) is 34.5 Å². The third-order valence-corrected chi connectivity index (χ3v) is 6.51. The summed E-state index contributed by atoms with van der Waals surface area (Å²) < 4.78 is 14.0. The van der Waals surface area contributed by atoms with Crippen molar-refractivity contribution in [2.45, 2.75) is 56.5 Å². The van der Waals surface area contributed by atoms with E-state index in [1.807, 2.05) is 0 Å². The predicted molar refractivity (Wildman–Crippen MR) is 92.2 cm³/mol. The number of hydrogen-bond acceptors (Lipinski definition) is 2. The van der Waals surface area contributed by atoms with E-state index in [0.717, 1.165) is 25.7 Å². The normalized spacial score (nSPS) is 37.8. The molecule has 4 unspecified atom stereocenters. The van der Waals surface area contributed by atoms with E-state index in [0.29, 0.717) is 28.8 Å². The molecule has 0 aliphatic heterocycles. The number of carbonyl (C=O) groups excluding carboxylic acids is 1. The van der Waals surface area contributed by atoms with E-state index >= 15 is 0 Å². The molecular formula is C19H24ClFN2O. The maximum atomic E-state index is 14.0. The molecule has 1 aromatic rings. The van der Waals surface area contributed by atoms with Gasteiger partial charge in [-0.05, 0) is 56.1 Å². The summed E-state index contributed by atoms with van der Waals surface area (Å²) in [5, 5.41) is 3.71. The van der Waals surface area contributed by atoms with E-state index in [9.17, 15) is 9.18 Å². The Labute approximate surface area is 147 Å². The molecule has 3 aliphatic rings. The largest absolute Gasteiger partial charge is 0.353 e. The first-order valence-electron chi connectivity index (χ1n) is 9.04. The molecule has 0 radical (unpaired) electrons. The van der Waals surface area contributed by atoms with Crippen LogP contribution in [0.2, 0.25) is 5.02 Å². The molecule has 0 heterocycles. The Morgan fingerprint density at radius 1 is 1.21 bits per heavy atom. The molecule has 3 aliphatic carbocycles. The zero-order valence-electron chi connectivity index (χ0n) is 13.7. The van der Waals surface area contributed by atoms with Gasteiger partial charge in [0.15, 0.2) is 0 Å². The highest BCUT2D eigenvalue weighted by Crippen LogP contribution is 2.51. The molecule has 130 valence electrons. The molecule has 0 saturated heterocycles. The Hall–Kier alpha value is -1.13. The fraction of sp³-hybridized carbons (Fsp3) is 0.632. The third-order valence-electron chi connectivity index (χ3n) is 6.18. The highest BCUT2D eigenvalue weighted by molar-refractivity contribution is 6.31. The number of nitrogens with one attached hydrogen (secondary N) is 1. The Bertz CT molecular complexity index is 618. The number of halogens is 2. The molecule has 3 saturated carbocycles. The summed E-state index contributed by atoms with van der Waals surface area (Å²) >= 11 is 6.13. The van der Waals surface area contributed by atoms with Gasteiger partial charge in [0.25, 0.3) is 0 Å². The maximum Gasteiger partial charge on any atom is 0.223 e. The highest BCUT2D eigenvalue weighted by Gasteiger charge is 2.48. The van der Waals surface area contributed by atoms with Gasteiger partial charge in [-0.15, -0.1) is 0 Å². The first kappa shape index (κ1) is 16.3. The van der Waals surface area contributed by atoms with Gasteiger partial charge in [-0.2, -0.15) is 0 Å². The van der Waals surface area contributed by atoms with E-state index < -0.39 is 0 Å². The molecule has 0 aromatic heterocycles. The summed E-state index contributed by atoms with van der Waals surface area (Å²) in [5.41, 5.74) is 6.66. The molecule has 24 heavy (non-hydrogen) atoms. The van der Waals surface area contributed by atoms with Gasteiger partial charge in [0.2, 0.25) is 5.91 Å². The molecule has 4 rings (SSSR count). The van der Waals surface area contributed by atoms with Crippen molar-refractivity contribution in [2.24, 2.45) is 23.5 Å². The monoisotopic (exact) mass is 350 g/mol. The minimum atomic E-state index is -0.302. The third kappa shape index (κ3) is 2.95. The Kier molecular flexibility index (Phi) is 4.29. The van der Waals surface area contributed by atoms with Crippen molar-refractivity contribution in [3.63, 3.8) is 0 Å². The summed E-state index contributed by atoms with van der Waals surface area (Å²) in [7, 11) is 0. The number of hydrogen-bond donors (Lipinski definition) is 2. The lowest BCUT2D eigenvalue weighted by atomic mass is 9.67. The van der Waals surface area contributed by atoms with Crippen LogP contribution in [0.5, 0.6) is 0 Å². The van der Waals surface area contributed by atoms with Crippen molar-refractivity contribution >= 4 is 17.5 Å². The standard InChI is InChI=1S/C19H24ClFN2O/c20-15-5-2-6-16(21)17(15)13-9-14(13)19(24)23-18-10-3-1-4-11(18)8-12(22)7-10/h2,5-6,10-14,18H,1,3-4,7-9,22H2,(H,23,24). The molecule has 4 atom stereocenters. The highest BCUT2D eigenvalue weighted by atomic mass is 35.5. The Morgan fingerprint density at radius 2 is 1.92 bits per heavy atom. The number of benzene rings is 1. The molecule has 5 heteroatoms. The van der Waals surface area contributed by atoms with Crippen LogP contribution in [-0.4, -0.2) is 18.0 Å². The number of nitrogens with two attached hydrogens (primary N) is 1. The Morgan fingerprint density at radius 3 is 2.58 bits per heavy atom. The second kappa shape index (κ2) is 6.30. The Balaban J connectivity index is 1.43. The van der Waals surface area contributed by atoms with Crippen LogP contribution in [0.1, 0.15) is 50.0 Å². The van der Waals surface area contributed by atoms with Gasteiger partial charge in [-0.1, -0.05) is 24.1 Å². The van der Waals surface area contributed by atoms with E-state index in [1.165, 1.54) is 12.5 Å². The lowest BCUT2D eigenvalue weighted by molar-refractivity contribution is -0.124. The maximum absolute atomic E-state index is 14.0. The zero-order chi connectivity index (χ0) is 16.8. The van der Waals surface area contributed by atoms with Crippen LogP contribution in [0, 0.1) is 23.6 Å². The summed E-state index contributed by atoms with van der Waals surface area (Å²) in [6.07, 6.45) is 6.26. The van der Waals surface area contributed by atoms with Gasteiger partial charge in [0.05, 0.1) is 0 Å². The molecule has 2 bridgehead atoms. The molecule has 3 fully saturated rings. The van der Waals surface area contributed by atoms with Gasteiger partial charge in [-0.3, -0.25) is 4.79 Å². The van der Waals surface area contributed by atoms with E-state index in [2.05, 4.69) is 5.32 Å². The van der Waals surface area contributed by atoms with Crippen molar-refractivity contribution < 1.29 is 9.18 Å². The van der Waals surface area contributed by atoms with Crippen LogP contribution >= 0.6 is 11.6 Å². The van der Waals surface area contributed by atoms with Gasteiger partial charge >= 0.3 is 0 Å². The second-order valence-corrected chi connectivity index (χ2v) is 8.21. The van der Waals surface area contributed by atoms with E-state index in [4.69, 9.17) is 17.3 Å². The molecule has 3 N–H and O–H groups in total. The fourth-order valence-electron chi connectivity index (χ4n) is 4.96. The van der Waals surface area contributed by atoms with Crippen LogP contribution in [-0.2, 0) is 4.79 Å². The first-order chi connectivity index (χ1) is 11.5. The minimum absolute atomic E-state index is 0.0664. The van der Waals surface area contributed by atoms with Crippen LogP contribution in [0.25, 0.3) is 0 Å². The van der Waals surface area contributed by atoms with Gasteiger partial charge in [0.1, 0.15) is 5.82 Å². The van der Waals surface area contributed by atoms with Crippen molar-refractivity contribution in [1.29, 1.82) is 0 Å². The minimum Gasteiger partial charge on any atom is -0.353 e. The van der Waals surface area contributed by atoms with Crippen LogP contribution in [0.15, 0.2) is 18.2 Å². The summed E-state index contributed by atoms with van der Waals surface area (Å²) in [5.74, 6) is 0.552. The zero-order valence-corrected chi connectivity index (χ0v) is 14.4. The van der Waals surface area contributed by atoms with Crippen molar-refractivity contribution in [2.75, 3.05) is 0 Å². The quantitative estimate of drug-likeness (QED) is 0.875. The van der Waals surface area contributed by atoms with E-state index in [1.54, 1.807) is 12.1 Å². The average molecular weight is 351 g/mol. The SMILES string of the molecule is NC1CC2CCCC(C1)C2NC(=O)C1CC1c1c(F)cccc1Cl. The fourth-order valence-corrected chi connectivity index (χ4v) is 5.27. The summed E-state index contributed by atoms with van der Waals surface area (Å²) in [4.78, 5) is 12.7. The van der Waals surface area contributed by atoms with Crippen LogP contribution in [0.4, 0.5) is 4.39 Å². The van der Waals surface area contributed by atoms with Gasteiger partial charge in [-0.25, -0.2) is 4.39 Å². The summed E-state index contributed by atoms with van der Waals surface area (Å²) in [6.45, 7) is 0. The molecule has 1 amide bonds. The van der Waals surface area contributed by atoms with Crippen molar-refractivity contribution in [3.05, 3.63) is 34.6 Å². The van der Waals surface area contributed by atoms with Crippen LogP contribution in [0.3, 0.4) is 0 Å². The summed E-state index contributed by atoms with van der Waals surface area (Å²) in [6, 6.07) is 5.25. The lowest BCUT2D eigenvalue weighted by Gasteiger charge is -2.45. The number of rotatable bonds is 3. The van der Waals surface area contributed by atoms with E-state index in [-0.39, 0.29) is 35.6 Å². The topological polar surface area (TPSA) is 55.1 Å². The molecule has 1 aromatic carbocycles. The lowest BCUT2D eigenvalue weighted by Crippen LogP contribution is -2.54.